The molecule has 0 unspecified atom stereocenters. The summed E-state index contributed by atoms with van der Waals surface area (Å²) < 4.78 is 0. The molecule has 1 saturated carbocycles. The predicted octanol–water partition coefficient (Wildman–Crippen LogP) is 4.01. The molecular formula is C15H26N4S. The highest BCUT2D eigenvalue weighted by Crippen LogP contribution is 2.40. The highest BCUT2D eigenvalue weighted by Gasteiger charge is 2.31. The highest BCUT2D eigenvalue weighted by molar-refractivity contribution is 7.98. The summed E-state index contributed by atoms with van der Waals surface area (Å²) in [5.41, 5.74) is 0.475. The number of anilines is 2. The maximum Gasteiger partial charge on any atom is 0.191 e. The second-order valence-corrected chi connectivity index (χ2v) is 6.34. The highest BCUT2D eigenvalue weighted by atomic mass is 32.2. The summed E-state index contributed by atoms with van der Waals surface area (Å²) in [6.07, 6.45) is 8.70. The van der Waals surface area contributed by atoms with E-state index in [0.29, 0.717) is 5.41 Å². The van der Waals surface area contributed by atoms with Gasteiger partial charge in [-0.3, -0.25) is 0 Å². The Labute approximate surface area is 126 Å². The smallest absolute Gasteiger partial charge is 0.191 e. The van der Waals surface area contributed by atoms with Crippen LogP contribution < -0.4 is 10.6 Å². The molecule has 2 N–H and O–H groups in total. The first kappa shape index (κ1) is 15.4. The summed E-state index contributed by atoms with van der Waals surface area (Å²) in [5.74, 6) is 1.85. The third-order valence-corrected chi connectivity index (χ3v) is 4.85. The molecule has 0 aromatic carbocycles. The van der Waals surface area contributed by atoms with Gasteiger partial charge >= 0.3 is 0 Å². The van der Waals surface area contributed by atoms with Crippen LogP contribution in [-0.4, -0.2) is 29.3 Å². The molecule has 0 saturated heterocycles. The summed E-state index contributed by atoms with van der Waals surface area (Å²) in [5, 5.41) is 7.64. The van der Waals surface area contributed by atoms with E-state index in [9.17, 15) is 0 Å². The Morgan fingerprint density at radius 2 is 1.80 bits per heavy atom. The second-order valence-electron chi connectivity index (χ2n) is 5.57. The van der Waals surface area contributed by atoms with Gasteiger partial charge in [0.25, 0.3) is 0 Å². The quantitative estimate of drug-likeness (QED) is 0.588. The lowest BCUT2D eigenvalue weighted by Crippen LogP contribution is -2.26. The lowest BCUT2D eigenvalue weighted by molar-refractivity contribution is 0.306. The fourth-order valence-corrected chi connectivity index (χ4v) is 3.32. The van der Waals surface area contributed by atoms with Gasteiger partial charge in [-0.2, -0.15) is 0 Å². The standard InChI is InChI=1S/C15H26N4S/c1-4-15(8-6-7-9-15)11-17-13-10-12(16-5-2)18-14(19-13)20-3/h10H,4-9,11H2,1-3H3,(H2,16,17,18,19). The Bertz CT molecular complexity index is 430. The SMILES string of the molecule is CCNc1cc(NCC2(CC)CCCC2)nc(SC)n1. The average Bonchev–Trinajstić information content (AvgIpc) is 2.95. The van der Waals surface area contributed by atoms with Gasteiger partial charge < -0.3 is 10.6 Å². The molecule has 1 fully saturated rings. The molecular weight excluding hydrogens is 268 g/mol. The number of nitrogens with one attached hydrogen (secondary N) is 2. The maximum atomic E-state index is 4.56. The van der Waals surface area contributed by atoms with E-state index in [-0.39, 0.29) is 0 Å². The molecule has 1 aliphatic carbocycles. The van der Waals surface area contributed by atoms with E-state index in [1.165, 1.54) is 32.1 Å². The third kappa shape index (κ3) is 3.78. The monoisotopic (exact) mass is 294 g/mol. The normalized spacial score (nSPS) is 17.1. The van der Waals surface area contributed by atoms with Crippen molar-refractivity contribution in [2.45, 2.75) is 51.1 Å². The fourth-order valence-electron chi connectivity index (χ4n) is 2.94. The lowest BCUT2D eigenvalue weighted by Gasteiger charge is -2.28. The Morgan fingerprint density at radius 3 is 2.35 bits per heavy atom. The van der Waals surface area contributed by atoms with E-state index < -0.39 is 0 Å². The molecule has 0 aliphatic heterocycles. The minimum Gasteiger partial charge on any atom is -0.370 e. The van der Waals surface area contributed by atoms with Crippen molar-refractivity contribution >= 4 is 23.4 Å². The van der Waals surface area contributed by atoms with Gasteiger partial charge in [-0.25, -0.2) is 9.97 Å². The van der Waals surface area contributed by atoms with E-state index in [2.05, 4.69) is 34.4 Å². The van der Waals surface area contributed by atoms with Crippen LogP contribution in [0.4, 0.5) is 11.6 Å². The summed E-state index contributed by atoms with van der Waals surface area (Å²) in [6, 6.07) is 2.02. The molecule has 0 atom stereocenters. The van der Waals surface area contributed by atoms with Gasteiger partial charge in [-0.05, 0) is 37.9 Å². The van der Waals surface area contributed by atoms with E-state index in [1.54, 1.807) is 11.8 Å². The van der Waals surface area contributed by atoms with Gasteiger partial charge in [-0.15, -0.1) is 0 Å². The summed E-state index contributed by atoms with van der Waals surface area (Å²) in [7, 11) is 0. The lowest BCUT2D eigenvalue weighted by atomic mass is 9.83. The Balaban J connectivity index is 2.06. The molecule has 2 rings (SSSR count). The van der Waals surface area contributed by atoms with Crippen LogP contribution in [0.3, 0.4) is 0 Å². The van der Waals surface area contributed by atoms with Crippen LogP contribution in [0, 0.1) is 5.41 Å². The molecule has 1 aromatic rings. The van der Waals surface area contributed by atoms with Crippen LogP contribution >= 0.6 is 11.8 Å². The van der Waals surface area contributed by atoms with Crippen molar-refractivity contribution in [2.75, 3.05) is 30.0 Å². The molecule has 0 amide bonds. The summed E-state index contributed by atoms with van der Waals surface area (Å²) in [4.78, 5) is 9.02. The van der Waals surface area contributed by atoms with Crippen LogP contribution in [-0.2, 0) is 0 Å². The van der Waals surface area contributed by atoms with Gasteiger partial charge in [-0.1, -0.05) is 31.5 Å². The molecule has 0 bridgehead atoms. The van der Waals surface area contributed by atoms with E-state index >= 15 is 0 Å². The van der Waals surface area contributed by atoms with Crippen LogP contribution in [0.15, 0.2) is 11.2 Å². The van der Waals surface area contributed by atoms with Crippen molar-refractivity contribution in [3.8, 4) is 0 Å². The predicted molar refractivity (Wildman–Crippen MR) is 87.7 cm³/mol. The molecule has 5 heteroatoms. The van der Waals surface area contributed by atoms with Crippen molar-refractivity contribution in [1.82, 2.24) is 9.97 Å². The first-order chi connectivity index (χ1) is 9.71. The van der Waals surface area contributed by atoms with Gasteiger partial charge in [0, 0.05) is 19.2 Å². The number of hydrogen-bond donors (Lipinski definition) is 2. The van der Waals surface area contributed by atoms with Gasteiger partial charge in [0.1, 0.15) is 11.6 Å². The number of aromatic nitrogens is 2. The van der Waals surface area contributed by atoms with Crippen molar-refractivity contribution < 1.29 is 0 Å². The second kappa shape index (κ2) is 7.16. The van der Waals surface area contributed by atoms with E-state index in [1.807, 2.05) is 12.3 Å². The average molecular weight is 294 g/mol. The maximum absolute atomic E-state index is 4.56. The topological polar surface area (TPSA) is 49.8 Å². The zero-order valence-electron chi connectivity index (χ0n) is 12.8. The van der Waals surface area contributed by atoms with Crippen molar-refractivity contribution in [2.24, 2.45) is 5.41 Å². The summed E-state index contributed by atoms with van der Waals surface area (Å²) in [6.45, 7) is 6.30. The Morgan fingerprint density at radius 1 is 1.15 bits per heavy atom. The zero-order valence-corrected chi connectivity index (χ0v) is 13.6. The number of thioether (sulfide) groups is 1. The third-order valence-electron chi connectivity index (χ3n) is 4.30. The fraction of sp³-hybridized carbons (Fsp3) is 0.733. The molecule has 1 aromatic heterocycles. The largest absolute Gasteiger partial charge is 0.370 e. The van der Waals surface area contributed by atoms with E-state index in [0.717, 1.165) is 29.9 Å². The molecule has 4 nitrogen and oxygen atoms in total. The minimum absolute atomic E-state index is 0.475. The number of nitrogens with zero attached hydrogens (tertiary/aromatic N) is 2. The van der Waals surface area contributed by atoms with Crippen LogP contribution in [0.5, 0.6) is 0 Å². The van der Waals surface area contributed by atoms with Crippen molar-refractivity contribution in [1.29, 1.82) is 0 Å². The van der Waals surface area contributed by atoms with Crippen LogP contribution in [0.25, 0.3) is 0 Å². The minimum atomic E-state index is 0.475. The molecule has 0 spiro atoms. The van der Waals surface area contributed by atoms with Crippen molar-refractivity contribution in [3.05, 3.63) is 6.07 Å². The van der Waals surface area contributed by atoms with Crippen LogP contribution in [0.1, 0.15) is 46.0 Å². The Hall–Kier alpha value is -0.970. The molecule has 20 heavy (non-hydrogen) atoms. The Kier molecular flexibility index (Phi) is 5.52. The van der Waals surface area contributed by atoms with Gasteiger partial charge in [0.15, 0.2) is 5.16 Å². The van der Waals surface area contributed by atoms with Gasteiger partial charge in [0.05, 0.1) is 0 Å². The number of hydrogen-bond acceptors (Lipinski definition) is 5. The summed E-state index contributed by atoms with van der Waals surface area (Å²) >= 11 is 1.58. The molecule has 112 valence electrons. The number of rotatable bonds is 7. The zero-order chi connectivity index (χ0) is 14.4. The van der Waals surface area contributed by atoms with Crippen LogP contribution in [0.2, 0.25) is 0 Å². The van der Waals surface area contributed by atoms with Gasteiger partial charge in [0.2, 0.25) is 0 Å². The first-order valence-electron chi connectivity index (χ1n) is 7.62. The molecule has 1 heterocycles. The first-order valence-corrected chi connectivity index (χ1v) is 8.84. The van der Waals surface area contributed by atoms with E-state index in [4.69, 9.17) is 0 Å². The molecule has 0 radical (unpaired) electrons. The van der Waals surface area contributed by atoms with Crippen molar-refractivity contribution in [3.63, 3.8) is 0 Å². The molecule has 1 aliphatic rings.